The Morgan fingerprint density at radius 3 is 3.00 bits per heavy atom. The van der Waals surface area contributed by atoms with E-state index in [9.17, 15) is 4.79 Å². The molecule has 1 aromatic rings. The summed E-state index contributed by atoms with van der Waals surface area (Å²) in [4.78, 5) is 17.0. The lowest BCUT2D eigenvalue weighted by molar-refractivity contribution is 0.0959. The lowest BCUT2D eigenvalue weighted by atomic mass is 9.97. The van der Waals surface area contributed by atoms with Gasteiger partial charge < -0.3 is 16.0 Å². The van der Waals surface area contributed by atoms with Crippen LogP contribution in [0.2, 0.25) is 0 Å². The number of rotatable bonds is 5. The highest BCUT2D eigenvalue weighted by Gasteiger charge is 2.24. The van der Waals surface area contributed by atoms with Crippen LogP contribution >= 0.6 is 0 Å². The second kappa shape index (κ2) is 6.31. The van der Waals surface area contributed by atoms with E-state index in [-0.39, 0.29) is 5.91 Å². The van der Waals surface area contributed by atoms with Crippen molar-refractivity contribution in [3.63, 3.8) is 0 Å². The fourth-order valence-corrected chi connectivity index (χ4v) is 3.08. The number of likely N-dealkylation sites (tertiary alicyclic amines) is 1. The second-order valence-corrected chi connectivity index (χ2v) is 6.20. The Bertz CT molecular complexity index is 466. The molecule has 0 aromatic carbocycles. The zero-order valence-electron chi connectivity index (χ0n) is 12.7. The largest absolute Gasteiger partial charge is 0.397 e. The van der Waals surface area contributed by atoms with Gasteiger partial charge in [0.1, 0.15) is 5.69 Å². The highest BCUT2D eigenvalue weighted by Crippen LogP contribution is 2.26. The highest BCUT2D eigenvalue weighted by atomic mass is 16.1. The van der Waals surface area contributed by atoms with Crippen LogP contribution in [-0.4, -0.2) is 35.9 Å². The van der Waals surface area contributed by atoms with E-state index in [1.807, 2.05) is 6.20 Å². The number of amides is 1. The fraction of sp³-hybridized carbons (Fsp3) is 0.667. The Morgan fingerprint density at radius 2 is 2.35 bits per heavy atom. The second-order valence-electron chi connectivity index (χ2n) is 6.20. The summed E-state index contributed by atoms with van der Waals surface area (Å²) in [7, 11) is 1.61. The van der Waals surface area contributed by atoms with Gasteiger partial charge in [-0.15, -0.1) is 0 Å². The van der Waals surface area contributed by atoms with Crippen LogP contribution in [0.1, 0.15) is 42.7 Å². The number of nitrogens with two attached hydrogens (primary N) is 1. The van der Waals surface area contributed by atoms with Crippen molar-refractivity contribution < 1.29 is 4.79 Å². The third-order valence-electron chi connectivity index (χ3n) is 4.03. The van der Waals surface area contributed by atoms with Crippen LogP contribution in [0.15, 0.2) is 6.20 Å². The van der Waals surface area contributed by atoms with Crippen LogP contribution < -0.4 is 11.1 Å². The van der Waals surface area contributed by atoms with Crippen molar-refractivity contribution in [2.75, 3.05) is 25.9 Å². The summed E-state index contributed by atoms with van der Waals surface area (Å²) < 4.78 is 0. The lowest BCUT2D eigenvalue weighted by Gasteiger charge is -2.16. The molecule has 1 atom stereocenters. The maximum atomic E-state index is 11.6. The van der Waals surface area contributed by atoms with Gasteiger partial charge in [-0.25, -0.2) is 0 Å². The number of nitrogens with one attached hydrogen (secondary N) is 2. The minimum atomic E-state index is -0.159. The molecule has 0 saturated carbocycles. The number of carbonyl (C=O) groups is 1. The van der Waals surface area contributed by atoms with Crippen molar-refractivity contribution in [3.05, 3.63) is 17.5 Å². The predicted octanol–water partition coefficient (Wildman–Crippen LogP) is 1.82. The molecule has 5 heteroatoms. The van der Waals surface area contributed by atoms with Crippen molar-refractivity contribution >= 4 is 11.6 Å². The summed E-state index contributed by atoms with van der Waals surface area (Å²) in [5, 5.41) is 2.59. The first-order chi connectivity index (χ1) is 9.51. The maximum Gasteiger partial charge on any atom is 0.269 e. The molecule has 1 saturated heterocycles. The Labute approximate surface area is 120 Å². The summed E-state index contributed by atoms with van der Waals surface area (Å²) in [5.74, 6) is 1.40. The van der Waals surface area contributed by atoms with E-state index >= 15 is 0 Å². The van der Waals surface area contributed by atoms with Crippen molar-refractivity contribution in [3.8, 4) is 0 Å². The van der Waals surface area contributed by atoms with Gasteiger partial charge >= 0.3 is 0 Å². The smallest absolute Gasteiger partial charge is 0.269 e. The minimum absolute atomic E-state index is 0.159. The van der Waals surface area contributed by atoms with Gasteiger partial charge in [0.15, 0.2) is 0 Å². The number of nitrogen functional groups attached to an aromatic ring is 1. The molecule has 4 N–H and O–H groups in total. The molecule has 2 rings (SSSR count). The number of carbonyl (C=O) groups excluding carboxylic acids is 1. The van der Waals surface area contributed by atoms with Gasteiger partial charge in [-0.1, -0.05) is 13.8 Å². The quantitative estimate of drug-likeness (QED) is 0.769. The highest BCUT2D eigenvalue weighted by molar-refractivity contribution is 5.97. The van der Waals surface area contributed by atoms with Gasteiger partial charge in [0.2, 0.25) is 0 Å². The molecule has 0 aliphatic carbocycles. The minimum Gasteiger partial charge on any atom is -0.397 e. The molecule has 1 fully saturated rings. The van der Waals surface area contributed by atoms with Crippen LogP contribution in [0, 0.1) is 11.8 Å². The molecule has 0 unspecified atom stereocenters. The van der Waals surface area contributed by atoms with Crippen LogP contribution in [0.3, 0.4) is 0 Å². The van der Waals surface area contributed by atoms with Crippen LogP contribution in [0.4, 0.5) is 5.69 Å². The molecule has 2 heterocycles. The van der Waals surface area contributed by atoms with E-state index in [0.717, 1.165) is 37.0 Å². The molecule has 1 aliphatic rings. The Morgan fingerprint density at radius 1 is 1.60 bits per heavy atom. The molecule has 5 nitrogen and oxygen atoms in total. The van der Waals surface area contributed by atoms with E-state index in [0.29, 0.717) is 11.4 Å². The van der Waals surface area contributed by atoms with Gasteiger partial charge in [0.25, 0.3) is 5.91 Å². The first kappa shape index (κ1) is 14.9. The van der Waals surface area contributed by atoms with Crippen LogP contribution in [-0.2, 0) is 6.54 Å². The van der Waals surface area contributed by atoms with Gasteiger partial charge in [-0.2, -0.15) is 0 Å². The van der Waals surface area contributed by atoms with E-state index in [1.165, 1.54) is 12.8 Å². The third-order valence-corrected chi connectivity index (χ3v) is 4.03. The third kappa shape index (κ3) is 3.33. The average molecular weight is 278 g/mol. The first-order valence-electron chi connectivity index (χ1n) is 7.41. The van der Waals surface area contributed by atoms with Crippen molar-refractivity contribution in [1.29, 1.82) is 0 Å². The molecule has 20 heavy (non-hydrogen) atoms. The molecule has 1 aliphatic heterocycles. The molecular formula is C15H26N4O. The summed E-state index contributed by atoms with van der Waals surface area (Å²) in [5.41, 5.74) is 8.13. The zero-order valence-corrected chi connectivity index (χ0v) is 12.7. The fourth-order valence-electron chi connectivity index (χ4n) is 3.08. The molecule has 0 radical (unpaired) electrons. The molecule has 1 amide bonds. The number of H-pyrrole nitrogens is 1. The number of nitrogens with zero attached hydrogens (tertiary/aromatic N) is 1. The summed E-state index contributed by atoms with van der Waals surface area (Å²) in [6, 6.07) is 0. The van der Waals surface area contributed by atoms with Crippen molar-refractivity contribution in [2.24, 2.45) is 11.8 Å². The standard InChI is InChI=1S/C15H26N4O/c1-10(2)6-11-4-5-19(8-11)9-12-7-18-14(13(12)16)15(20)17-3/h7,10-11,18H,4-6,8-9,16H2,1-3H3,(H,17,20)/t11-/m0/s1. The number of hydrogen-bond acceptors (Lipinski definition) is 3. The molecule has 0 bridgehead atoms. The molecule has 112 valence electrons. The van der Waals surface area contributed by atoms with E-state index < -0.39 is 0 Å². The van der Waals surface area contributed by atoms with E-state index in [1.54, 1.807) is 7.05 Å². The van der Waals surface area contributed by atoms with Crippen molar-refractivity contribution in [2.45, 2.75) is 33.2 Å². The SMILES string of the molecule is CNC(=O)c1[nH]cc(CN2CC[C@@H](CC(C)C)C2)c1N. The van der Waals surface area contributed by atoms with E-state index in [2.05, 4.69) is 29.0 Å². The molecule has 1 aromatic heterocycles. The maximum absolute atomic E-state index is 11.6. The number of anilines is 1. The van der Waals surface area contributed by atoms with Gasteiger partial charge in [-0.05, 0) is 31.2 Å². The van der Waals surface area contributed by atoms with E-state index in [4.69, 9.17) is 5.73 Å². The Balaban J connectivity index is 1.95. The predicted molar refractivity (Wildman–Crippen MR) is 81.4 cm³/mol. The summed E-state index contributed by atoms with van der Waals surface area (Å²) in [6.07, 6.45) is 4.42. The number of hydrogen-bond donors (Lipinski definition) is 3. The molecular weight excluding hydrogens is 252 g/mol. The number of aromatic nitrogens is 1. The lowest BCUT2D eigenvalue weighted by Crippen LogP contribution is -2.22. The van der Waals surface area contributed by atoms with Gasteiger partial charge in [0, 0.05) is 31.9 Å². The first-order valence-corrected chi connectivity index (χ1v) is 7.41. The van der Waals surface area contributed by atoms with Crippen molar-refractivity contribution in [1.82, 2.24) is 15.2 Å². The Kier molecular flexibility index (Phi) is 4.70. The Hall–Kier alpha value is -1.49. The normalized spacial score (nSPS) is 19.7. The zero-order chi connectivity index (χ0) is 14.7. The monoisotopic (exact) mass is 278 g/mol. The summed E-state index contributed by atoms with van der Waals surface area (Å²) in [6.45, 7) is 7.65. The number of aromatic amines is 1. The summed E-state index contributed by atoms with van der Waals surface area (Å²) >= 11 is 0. The van der Waals surface area contributed by atoms with Gasteiger partial charge in [-0.3, -0.25) is 9.69 Å². The average Bonchev–Trinajstić information content (AvgIpc) is 2.97. The van der Waals surface area contributed by atoms with Crippen LogP contribution in [0.5, 0.6) is 0 Å². The molecule has 0 spiro atoms. The van der Waals surface area contributed by atoms with Gasteiger partial charge in [0.05, 0.1) is 5.69 Å². The van der Waals surface area contributed by atoms with Crippen LogP contribution in [0.25, 0.3) is 0 Å². The topological polar surface area (TPSA) is 74.2 Å².